The van der Waals surface area contributed by atoms with Crippen molar-refractivity contribution < 1.29 is 46.5 Å². The summed E-state index contributed by atoms with van der Waals surface area (Å²) in [6.07, 6.45) is -5.64. The number of aliphatic hydroxyl groups is 2. The molecule has 1 aromatic heterocycles. The van der Waals surface area contributed by atoms with Gasteiger partial charge in [0.05, 0.1) is 18.5 Å². The molecule has 1 aliphatic rings. The van der Waals surface area contributed by atoms with Gasteiger partial charge in [0.2, 0.25) is 11.4 Å². The van der Waals surface area contributed by atoms with Crippen LogP contribution in [0.1, 0.15) is 11.1 Å². The van der Waals surface area contributed by atoms with Crippen LogP contribution in [-0.4, -0.2) is 50.2 Å². The normalized spacial score (nSPS) is 15.0. The fourth-order valence-corrected chi connectivity index (χ4v) is 2.57. The molecule has 1 aliphatic heterocycles. The number of nitrogen functional groups attached to an aromatic ring is 1. The van der Waals surface area contributed by atoms with Crippen LogP contribution < -0.4 is 21.7 Å². The molecule has 1 aromatic carbocycles. The molecule has 0 saturated carbocycles. The first-order valence-corrected chi connectivity index (χ1v) is 9.03. The largest absolute Gasteiger partial charge is 0.490 e. The van der Waals surface area contributed by atoms with Crippen molar-refractivity contribution in [1.29, 1.82) is 0 Å². The van der Waals surface area contributed by atoms with Gasteiger partial charge >= 0.3 is 18.3 Å². The minimum Gasteiger partial charge on any atom is -0.475 e. The second-order valence-corrected chi connectivity index (χ2v) is 6.74. The summed E-state index contributed by atoms with van der Waals surface area (Å²) >= 11 is 0. The Balaban J connectivity index is 0.000000509. The first-order chi connectivity index (χ1) is 15.6. The Labute approximate surface area is 187 Å². The standard InChI is InChI=1S/C16H17F3N6O2.C2HF3O2/c1-9-2-3-10(15(27,8-26)16(17,18)19)6-11(9)12-7-21-13(20)14(24-12)25-22-4-5-23-25;3-2(4,5)1(6)7/h2-7,22-23,26-27H,8H2,1H3,(H2,20,21);(H,6,7). The van der Waals surface area contributed by atoms with E-state index in [-0.39, 0.29) is 17.3 Å². The maximum Gasteiger partial charge on any atom is 0.490 e. The number of alkyl halides is 6. The van der Waals surface area contributed by atoms with Crippen molar-refractivity contribution in [3.8, 4) is 11.3 Å². The zero-order valence-corrected chi connectivity index (χ0v) is 17.1. The summed E-state index contributed by atoms with van der Waals surface area (Å²) in [6, 6.07) is 3.65. The third-order valence-electron chi connectivity index (χ3n) is 4.42. The Morgan fingerprint density at radius 1 is 1.15 bits per heavy atom. The molecule has 0 fully saturated rings. The number of benzene rings is 1. The van der Waals surface area contributed by atoms with Crippen molar-refractivity contribution in [1.82, 2.24) is 20.8 Å². The molecule has 3 rings (SSSR count). The predicted octanol–water partition coefficient (Wildman–Crippen LogP) is 1.71. The predicted molar refractivity (Wildman–Crippen MR) is 105 cm³/mol. The van der Waals surface area contributed by atoms with E-state index < -0.39 is 36.1 Å². The SMILES string of the molecule is Cc1ccc(C(O)(CO)C(F)(F)F)cc1-c1cnc(N)c(N2NC=CN2)n1.O=C(O)C(F)(F)F. The number of carbonyl (C=O) groups is 1. The van der Waals surface area contributed by atoms with Crippen molar-refractivity contribution in [2.45, 2.75) is 24.9 Å². The Morgan fingerprint density at radius 3 is 2.18 bits per heavy atom. The molecule has 2 heterocycles. The third-order valence-corrected chi connectivity index (χ3v) is 4.42. The fraction of sp³-hybridized carbons (Fsp3) is 0.278. The van der Waals surface area contributed by atoms with Crippen LogP contribution >= 0.6 is 0 Å². The number of halogens is 6. The Hall–Kier alpha value is -3.79. The van der Waals surface area contributed by atoms with E-state index in [1.165, 1.54) is 17.4 Å². The van der Waals surface area contributed by atoms with Gasteiger partial charge in [0.1, 0.15) is 0 Å². The van der Waals surface area contributed by atoms with Crippen molar-refractivity contribution in [3.63, 3.8) is 0 Å². The zero-order valence-electron chi connectivity index (χ0n) is 17.1. The zero-order chi connectivity index (χ0) is 25.9. The van der Waals surface area contributed by atoms with Crippen molar-refractivity contribution in [2.24, 2.45) is 0 Å². The minimum atomic E-state index is -5.08. The van der Waals surface area contributed by atoms with Crippen LogP contribution in [0.5, 0.6) is 0 Å². The number of anilines is 2. The van der Waals surface area contributed by atoms with Gasteiger partial charge in [-0.2, -0.15) is 31.5 Å². The smallest absolute Gasteiger partial charge is 0.475 e. The van der Waals surface area contributed by atoms with Crippen LogP contribution in [0, 0.1) is 6.92 Å². The molecule has 2 aromatic rings. The van der Waals surface area contributed by atoms with E-state index in [2.05, 4.69) is 20.8 Å². The highest BCUT2D eigenvalue weighted by molar-refractivity contribution is 5.73. The first-order valence-electron chi connectivity index (χ1n) is 9.03. The van der Waals surface area contributed by atoms with E-state index >= 15 is 0 Å². The van der Waals surface area contributed by atoms with Crippen LogP contribution in [-0.2, 0) is 10.4 Å². The second-order valence-electron chi connectivity index (χ2n) is 6.74. The molecule has 7 N–H and O–H groups in total. The molecule has 186 valence electrons. The molecule has 0 saturated heterocycles. The minimum absolute atomic E-state index is 0.0958. The molecule has 0 aliphatic carbocycles. The number of carboxylic acid groups (broad SMARTS) is 1. The molecule has 1 unspecified atom stereocenters. The summed E-state index contributed by atoms with van der Waals surface area (Å²) in [5.74, 6) is -2.44. The topological polar surface area (TPSA) is 157 Å². The lowest BCUT2D eigenvalue weighted by Crippen LogP contribution is -2.45. The number of nitrogens with one attached hydrogen (secondary N) is 2. The molecule has 0 amide bonds. The molecule has 0 spiro atoms. The van der Waals surface area contributed by atoms with Crippen LogP contribution in [0.3, 0.4) is 0 Å². The van der Waals surface area contributed by atoms with Gasteiger partial charge in [0.15, 0.2) is 5.82 Å². The van der Waals surface area contributed by atoms with Gasteiger partial charge in [0, 0.05) is 18.0 Å². The van der Waals surface area contributed by atoms with Gasteiger partial charge in [-0.05, 0) is 24.1 Å². The highest BCUT2D eigenvalue weighted by Crippen LogP contribution is 2.40. The number of aromatic nitrogens is 2. The number of hydrazine groups is 2. The van der Waals surface area contributed by atoms with Crippen LogP contribution in [0.2, 0.25) is 0 Å². The van der Waals surface area contributed by atoms with E-state index in [1.807, 2.05) is 0 Å². The van der Waals surface area contributed by atoms with Gasteiger partial charge in [-0.3, -0.25) is 10.9 Å². The molecule has 0 bridgehead atoms. The maximum absolute atomic E-state index is 13.3. The molecule has 0 radical (unpaired) electrons. The number of nitrogens with two attached hydrogens (primary N) is 1. The first kappa shape index (κ1) is 26.5. The van der Waals surface area contributed by atoms with E-state index in [1.54, 1.807) is 19.3 Å². The quantitative estimate of drug-likeness (QED) is 0.345. The molecule has 10 nitrogen and oxygen atoms in total. The summed E-state index contributed by atoms with van der Waals surface area (Å²) < 4.78 is 71.5. The number of carboxylic acids is 1. The monoisotopic (exact) mass is 496 g/mol. The molecule has 16 heteroatoms. The second kappa shape index (κ2) is 9.60. The number of aryl methyl sites for hydroxylation is 1. The van der Waals surface area contributed by atoms with E-state index in [4.69, 9.17) is 15.6 Å². The number of aliphatic carboxylic acids is 1. The average Bonchev–Trinajstić information content (AvgIpc) is 3.27. The van der Waals surface area contributed by atoms with E-state index in [0.717, 1.165) is 12.1 Å². The summed E-state index contributed by atoms with van der Waals surface area (Å²) in [7, 11) is 0. The number of hydrogen-bond acceptors (Lipinski definition) is 9. The van der Waals surface area contributed by atoms with Gasteiger partial charge in [-0.1, -0.05) is 12.1 Å². The van der Waals surface area contributed by atoms with E-state index in [0.29, 0.717) is 11.1 Å². The highest BCUT2D eigenvalue weighted by atomic mass is 19.4. The Kier molecular flexibility index (Phi) is 7.47. The molecular weight excluding hydrogens is 478 g/mol. The molecule has 34 heavy (non-hydrogen) atoms. The number of hydrogen-bond donors (Lipinski definition) is 6. The fourth-order valence-electron chi connectivity index (χ4n) is 2.57. The van der Waals surface area contributed by atoms with Gasteiger partial charge < -0.3 is 21.1 Å². The van der Waals surface area contributed by atoms with Gasteiger partial charge in [0.25, 0.3) is 0 Å². The average molecular weight is 496 g/mol. The summed E-state index contributed by atoms with van der Waals surface area (Å²) in [4.78, 5) is 17.3. The summed E-state index contributed by atoms with van der Waals surface area (Å²) in [5.41, 5.74) is 8.71. The van der Waals surface area contributed by atoms with Crippen LogP contribution in [0.15, 0.2) is 36.8 Å². The Morgan fingerprint density at radius 2 is 1.71 bits per heavy atom. The van der Waals surface area contributed by atoms with Crippen molar-refractivity contribution >= 4 is 17.6 Å². The van der Waals surface area contributed by atoms with E-state index in [9.17, 15) is 36.6 Å². The number of nitrogens with zero attached hydrogens (tertiary/aromatic N) is 3. The summed E-state index contributed by atoms with van der Waals surface area (Å²) in [6.45, 7) is 0.168. The van der Waals surface area contributed by atoms with Crippen molar-refractivity contribution in [3.05, 3.63) is 47.9 Å². The molecular formula is C18H18F6N6O4. The lowest BCUT2D eigenvalue weighted by molar-refractivity contribution is -0.277. The summed E-state index contributed by atoms with van der Waals surface area (Å²) in [5, 5.41) is 27.7. The third kappa shape index (κ3) is 5.57. The van der Waals surface area contributed by atoms with Gasteiger partial charge in [-0.25, -0.2) is 14.8 Å². The van der Waals surface area contributed by atoms with Crippen LogP contribution in [0.25, 0.3) is 11.3 Å². The molecule has 1 atom stereocenters. The highest BCUT2D eigenvalue weighted by Gasteiger charge is 2.54. The maximum atomic E-state index is 13.3. The van der Waals surface area contributed by atoms with Crippen molar-refractivity contribution in [2.75, 3.05) is 17.5 Å². The van der Waals surface area contributed by atoms with Crippen LogP contribution in [0.4, 0.5) is 38.0 Å². The number of rotatable bonds is 4. The number of aliphatic hydroxyl groups excluding tert-OH is 1. The lowest BCUT2D eigenvalue weighted by atomic mass is 9.90. The lowest BCUT2D eigenvalue weighted by Gasteiger charge is -2.29. The Bertz CT molecular complexity index is 1070. The van der Waals surface area contributed by atoms with Gasteiger partial charge in [-0.15, -0.1) is 0 Å².